The molecule has 2 fully saturated rings. The molecule has 0 spiro atoms. The van der Waals surface area contributed by atoms with Gasteiger partial charge in [0, 0.05) is 44.0 Å². The second kappa shape index (κ2) is 9.20. The number of aryl methyl sites for hydroxylation is 1. The predicted molar refractivity (Wildman–Crippen MR) is 117 cm³/mol. The lowest BCUT2D eigenvalue weighted by Crippen LogP contribution is -2.48. The molecule has 1 aromatic carbocycles. The van der Waals surface area contributed by atoms with E-state index in [9.17, 15) is 4.79 Å². The lowest BCUT2D eigenvalue weighted by Gasteiger charge is -2.29. The molecule has 7 nitrogen and oxygen atoms in total. The molecular weight excluding hydrogens is 380 g/mol. The molecule has 0 bridgehead atoms. The maximum atomic E-state index is 13.4. The third-order valence-electron chi connectivity index (χ3n) is 5.96. The van der Waals surface area contributed by atoms with Crippen LogP contribution in [0.5, 0.6) is 0 Å². The Morgan fingerprint density at radius 1 is 1.00 bits per heavy atom. The van der Waals surface area contributed by atoms with Gasteiger partial charge in [0.25, 0.3) is 5.91 Å². The van der Waals surface area contributed by atoms with Crippen molar-refractivity contribution in [3.63, 3.8) is 0 Å². The van der Waals surface area contributed by atoms with Crippen molar-refractivity contribution in [3.8, 4) is 0 Å². The number of anilines is 1. The van der Waals surface area contributed by atoms with E-state index >= 15 is 0 Å². The van der Waals surface area contributed by atoms with Crippen LogP contribution in [0.3, 0.4) is 0 Å². The average Bonchev–Trinajstić information content (AvgIpc) is 2.99. The first-order valence-corrected chi connectivity index (χ1v) is 10.8. The number of hydrazine groups is 1. The highest BCUT2D eigenvalue weighted by Gasteiger charge is 2.28. The van der Waals surface area contributed by atoms with E-state index < -0.39 is 0 Å². The summed E-state index contributed by atoms with van der Waals surface area (Å²) in [5.41, 5.74) is 9.59. The fourth-order valence-electron chi connectivity index (χ4n) is 4.49. The Bertz CT molecular complexity index is 896. The zero-order valence-corrected chi connectivity index (χ0v) is 18.2. The molecule has 0 aliphatic carbocycles. The van der Waals surface area contributed by atoms with Crippen molar-refractivity contribution in [1.29, 1.82) is 0 Å². The molecule has 1 aromatic heterocycles. The molecule has 30 heavy (non-hydrogen) atoms. The van der Waals surface area contributed by atoms with Gasteiger partial charge in [-0.25, -0.2) is 5.01 Å². The minimum atomic E-state index is -0.0512. The molecule has 0 unspecified atom stereocenters. The predicted octanol–water partition coefficient (Wildman–Crippen LogP) is 2.28. The number of carbonyl (C=O) groups is 1. The minimum Gasteiger partial charge on any atom is -0.379 e. The van der Waals surface area contributed by atoms with Crippen LogP contribution in [0.25, 0.3) is 0 Å². The Balaban J connectivity index is 1.70. The van der Waals surface area contributed by atoms with Crippen molar-refractivity contribution in [2.45, 2.75) is 27.3 Å². The standard InChI is InChI=1S/C23H32N4O3/c1-17-5-4-6-20(15-17)16-27-19(3)21(25-7-11-29-12-8-25)18(2)22(27)23(28)24-26-9-13-30-14-10-26/h4-6,15H,7-14,16H2,1-3H3,(H,24,28). The Labute approximate surface area is 178 Å². The van der Waals surface area contributed by atoms with Gasteiger partial charge in [0.05, 0.1) is 32.1 Å². The van der Waals surface area contributed by atoms with Crippen LogP contribution in [0, 0.1) is 20.8 Å². The summed E-state index contributed by atoms with van der Waals surface area (Å²) in [7, 11) is 0. The fraction of sp³-hybridized carbons (Fsp3) is 0.522. The normalized spacial score (nSPS) is 17.9. The van der Waals surface area contributed by atoms with Gasteiger partial charge in [-0.1, -0.05) is 29.8 Å². The van der Waals surface area contributed by atoms with Crippen LogP contribution in [0.4, 0.5) is 5.69 Å². The van der Waals surface area contributed by atoms with Crippen molar-refractivity contribution in [2.75, 3.05) is 57.5 Å². The number of hydrogen-bond donors (Lipinski definition) is 1. The highest BCUT2D eigenvalue weighted by molar-refractivity contribution is 5.96. The zero-order chi connectivity index (χ0) is 21.1. The molecule has 0 atom stereocenters. The summed E-state index contributed by atoms with van der Waals surface area (Å²) in [6.07, 6.45) is 0. The summed E-state index contributed by atoms with van der Waals surface area (Å²) >= 11 is 0. The quantitative estimate of drug-likeness (QED) is 0.817. The van der Waals surface area contributed by atoms with E-state index in [0.717, 1.165) is 48.9 Å². The van der Waals surface area contributed by atoms with Gasteiger partial charge in [-0.05, 0) is 26.3 Å². The number of benzene rings is 1. The number of amides is 1. The number of nitrogens with one attached hydrogen (secondary N) is 1. The zero-order valence-electron chi connectivity index (χ0n) is 18.2. The van der Waals surface area contributed by atoms with E-state index in [1.807, 2.05) is 5.01 Å². The third kappa shape index (κ3) is 4.38. The first-order valence-electron chi connectivity index (χ1n) is 10.8. The number of hydrogen-bond acceptors (Lipinski definition) is 5. The van der Waals surface area contributed by atoms with Crippen LogP contribution >= 0.6 is 0 Å². The molecule has 0 saturated carbocycles. The number of morpholine rings is 2. The van der Waals surface area contributed by atoms with Crippen molar-refractivity contribution in [2.24, 2.45) is 0 Å². The Hall–Kier alpha value is -2.35. The van der Waals surface area contributed by atoms with Gasteiger partial charge in [-0.15, -0.1) is 0 Å². The van der Waals surface area contributed by atoms with Crippen LogP contribution in [0.1, 0.15) is 32.9 Å². The molecule has 1 N–H and O–H groups in total. The molecule has 0 radical (unpaired) electrons. The molecule has 4 rings (SSSR count). The van der Waals surface area contributed by atoms with Gasteiger partial charge in [-0.2, -0.15) is 0 Å². The summed E-state index contributed by atoms with van der Waals surface area (Å²) < 4.78 is 13.1. The average molecular weight is 413 g/mol. The van der Waals surface area contributed by atoms with Crippen LogP contribution in [-0.2, 0) is 16.0 Å². The van der Waals surface area contributed by atoms with E-state index in [0.29, 0.717) is 32.8 Å². The Morgan fingerprint density at radius 3 is 2.33 bits per heavy atom. The third-order valence-corrected chi connectivity index (χ3v) is 5.96. The number of rotatable bonds is 5. The monoisotopic (exact) mass is 412 g/mol. The van der Waals surface area contributed by atoms with Crippen molar-refractivity contribution >= 4 is 11.6 Å². The number of ether oxygens (including phenoxy) is 2. The largest absolute Gasteiger partial charge is 0.379 e. The van der Waals surface area contributed by atoms with Gasteiger partial charge >= 0.3 is 0 Å². The van der Waals surface area contributed by atoms with Crippen LogP contribution < -0.4 is 10.3 Å². The molecule has 3 heterocycles. The Morgan fingerprint density at radius 2 is 1.67 bits per heavy atom. The van der Waals surface area contributed by atoms with E-state index in [2.05, 4.69) is 59.9 Å². The van der Waals surface area contributed by atoms with Gasteiger partial charge in [0.1, 0.15) is 5.69 Å². The Kier molecular flexibility index (Phi) is 6.41. The van der Waals surface area contributed by atoms with Gasteiger partial charge in [0.2, 0.25) is 0 Å². The fourth-order valence-corrected chi connectivity index (χ4v) is 4.49. The number of carbonyl (C=O) groups excluding carboxylic acids is 1. The highest BCUT2D eigenvalue weighted by Crippen LogP contribution is 2.32. The summed E-state index contributed by atoms with van der Waals surface area (Å²) in [6.45, 7) is 12.8. The second-order valence-corrected chi connectivity index (χ2v) is 8.12. The maximum absolute atomic E-state index is 13.4. The highest BCUT2D eigenvalue weighted by atomic mass is 16.5. The maximum Gasteiger partial charge on any atom is 0.282 e. The summed E-state index contributed by atoms with van der Waals surface area (Å²) in [5.74, 6) is -0.0512. The summed E-state index contributed by atoms with van der Waals surface area (Å²) in [4.78, 5) is 15.8. The lowest BCUT2D eigenvalue weighted by molar-refractivity contribution is 0.0123. The first-order chi connectivity index (χ1) is 14.5. The molecule has 1 amide bonds. The molecule has 2 saturated heterocycles. The van der Waals surface area contributed by atoms with Gasteiger partial charge in [0.15, 0.2) is 0 Å². The number of aromatic nitrogens is 1. The molecular formula is C23H32N4O3. The minimum absolute atomic E-state index is 0.0512. The topological polar surface area (TPSA) is 59.0 Å². The molecule has 2 aliphatic rings. The van der Waals surface area contributed by atoms with E-state index in [-0.39, 0.29) is 5.91 Å². The van der Waals surface area contributed by atoms with Crippen LogP contribution in [-0.4, -0.2) is 68.1 Å². The van der Waals surface area contributed by atoms with Crippen molar-refractivity contribution in [1.82, 2.24) is 15.0 Å². The lowest BCUT2D eigenvalue weighted by atomic mass is 10.1. The van der Waals surface area contributed by atoms with Gasteiger partial charge in [-0.3, -0.25) is 10.2 Å². The summed E-state index contributed by atoms with van der Waals surface area (Å²) in [6, 6.07) is 8.49. The molecule has 7 heteroatoms. The van der Waals surface area contributed by atoms with Crippen LogP contribution in [0.15, 0.2) is 24.3 Å². The molecule has 162 valence electrons. The second-order valence-electron chi connectivity index (χ2n) is 8.12. The van der Waals surface area contributed by atoms with Crippen LogP contribution in [0.2, 0.25) is 0 Å². The van der Waals surface area contributed by atoms with E-state index in [4.69, 9.17) is 9.47 Å². The first kappa shape index (κ1) is 20.9. The summed E-state index contributed by atoms with van der Waals surface area (Å²) in [5, 5.41) is 1.96. The van der Waals surface area contributed by atoms with E-state index in [1.165, 1.54) is 11.1 Å². The van der Waals surface area contributed by atoms with Crippen molar-refractivity contribution < 1.29 is 14.3 Å². The smallest absolute Gasteiger partial charge is 0.282 e. The SMILES string of the molecule is Cc1cccc(Cn2c(C)c(N3CCOCC3)c(C)c2C(=O)NN2CCOCC2)c1. The van der Waals surface area contributed by atoms with E-state index in [1.54, 1.807) is 0 Å². The molecule has 2 aromatic rings. The van der Waals surface area contributed by atoms with Gasteiger partial charge < -0.3 is 18.9 Å². The number of nitrogens with zero attached hydrogens (tertiary/aromatic N) is 3. The van der Waals surface area contributed by atoms with Crippen molar-refractivity contribution in [3.05, 3.63) is 52.3 Å². The molecule has 2 aliphatic heterocycles.